The second-order valence-corrected chi connectivity index (χ2v) is 7.73. The molecule has 1 atom stereocenters. The number of esters is 1. The van der Waals surface area contributed by atoms with Gasteiger partial charge < -0.3 is 9.84 Å². The molecular formula is C21H19BrN2O4. The van der Waals surface area contributed by atoms with Crippen molar-refractivity contribution in [2.75, 3.05) is 5.01 Å². The number of cyclic esters (lactones) is 1. The zero-order valence-corrected chi connectivity index (χ0v) is 16.9. The average molecular weight is 443 g/mol. The summed E-state index contributed by atoms with van der Waals surface area (Å²) in [6.45, 7) is 2.10. The van der Waals surface area contributed by atoms with E-state index >= 15 is 0 Å². The first-order valence-corrected chi connectivity index (χ1v) is 10.0. The first-order chi connectivity index (χ1) is 13.5. The Kier molecular flexibility index (Phi) is 4.93. The Morgan fingerprint density at radius 2 is 2.07 bits per heavy atom. The number of hydrogen-bond acceptors (Lipinski definition) is 5. The molecule has 0 spiro atoms. The highest BCUT2D eigenvalue weighted by molar-refractivity contribution is 9.10. The second-order valence-electron chi connectivity index (χ2n) is 6.87. The van der Waals surface area contributed by atoms with Gasteiger partial charge in [-0.3, -0.25) is 4.79 Å². The Balaban J connectivity index is 1.66. The number of para-hydroxylation sites is 1. The second kappa shape index (κ2) is 7.39. The van der Waals surface area contributed by atoms with Crippen molar-refractivity contribution >= 4 is 39.2 Å². The number of phenols is 1. The summed E-state index contributed by atoms with van der Waals surface area (Å²) in [5, 5.41) is 15.9. The van der Waals surface area contributed by atoms with Crippen LogP contribution in [0.5, 0.6) is 5.75 Å². The van der Waals surface area contributed by atoms with Crippen molar-refractivity contribution in [2.45, 2.75) is 38.7 Å². The molecule has 0 fully saturated rings. The summed E-state index contributed by atoms with van der Waals surface area (Å²) in [4.78, 5) is 24.8. The highest BCUT2D eigenvalue weighted by Crippen LogP contribution is 2.37. The van der Waals surface area contributed by atoms with Crippen LogP contribution in [0.3, 0.4) is 0 Å². The van der Waals surface area contributed by atoms with E-state index in [9.17, 15) is 14.7 Å². The molecule has 0 saturated carbocycles. The normalized spacial score (nSPS) is 18.3. The number of halogens is 1. The summed E-state index contributed by atoms with van der Waals surface area (Å²) >= 11 is 3.28. The van der Waals surface area contributed by atoms with Crippen molar-refractivity contribution in [2.24, 2.45) is 5.10 Å². The maximum Gasteiger partial charge on any atom is 0.339 e. The molecule has 7 heteroatoms. The van der Waals surface area contributed by atoms with Gasteiger partial charge in [-0.05, 0) is 53.0 Å². The lowest BCUT2D eigenvalue weighted by atomic mass is 10.0. The minimum atomic E-state index is -0.363. The van der Waals surface area contributed by atoms with Crippen LogP contribution in [-0.4, -0.2) is 22.7 Å². The number of nitrogens with zero attached hydrogens (tertiary/aromatic N) is 2. The van der Waals surface area contributed by atoms with Crippen molar-refractivity contribution in [3.05, 3.63) is 57.6 Å². The fourth-order valence-corrected chi connectivity index (χ4v) is 3.89. The van der Waals surface area contributed by atoms with E-state index in [2.05, 4.69) is 28.0 Å². The molecule has 0 aromatic heterocycles. The number of ether oxygens (including phenoxy) is 1. The van der Waals surface area contributed by atoms with Gasteiger partial charge in [0.05, 0.1) is 27.9 Å². The smallest absolute Gasteiger partial charge is 0.339 e. The van der Waals surface area contributed by atoms with Crippen LogP contribution in [0.2, 0.25) is 0 Å². The number of fused-ring (bicyclic) bond motifs is 1. The largest absolute Gasteiger partial charge is 0.506 e. The molecule has 1 unspecified atom stereocenters. The van der Waals surface area contributed by atoms with Gasteiger partial charge in [0.15, 0.2) is 0 Å². The molecule has 2 heterocycles. The highest BCUT2D eigenvalue weighted by atomic mass is 79.9. The number of hydrogen-bond donors (Lipinski definition) is 1. The number of rotatable bonds is 5. The lowest BCUT2D eigenvalue weighted by molar-refractivity contribution is -0.116. The van der Waals surface area contributed by atoms with Gasteiger partial charge in [0.25, 0.3) is 5.91 Å². The first kappa shape index (κ1) is 18.7. The molecule has 144 valence electrons. The Morgan fingerprint density at radius 1 is 1.25 bits per heavy atom. The van der Waals surface area contributed by atoms with Gasteiger partial charge in [-0.25, -0.2) is 9.80 Å². The predicted molar refractivity (Wildman–Crippen MR) is 109 cm³/mol. The molecule has 4 rings (SSSR count). The monoisotopic (exact) mass is 442 g/mol. The van der Waals surface area contributed by atoms with Crippen LogP contribution in [0.4, 0.5) is 5.69 Å². The molecule has 2 aromatic carbocycles. The third-order valence-electron chi connectivity index (χ3n) is 4.99. The summed E-state index contributed by atoms with van der Waals surface area (Å²) in [5.74, 6) is -0.533. The van der Waals surface area contributed by atoms with Gasteiger partial charge in [0.2, 0.25) is 0 Å². The van der Waals surface area contributed by atoms with Crippen molar-refractivity contribution in [1.82, 2.24) is 0 Å². The summed E-state index contributed by atoms with van der Waals surface area (Å²) in [6, 6.07) is 10.5. The maximum absolute atomic E-state index is 12.5. The maximum atomic E-state index is 12.5. The standard InChI is InChI=1S/C21H19BrN2O4/c1-2-3-7-18-13-9-8-12(10-15(13)21(27)28-18)24-19(25)11-17(23-24)14-5-4-6-16(22)20(14)26/h4-6,8-10,18,26H,2-3,7,11H2,1H3. The van der Waals surface area contributed by atoms with Gasteiger partial charge >= 0.3 is 5.97 Å². The van der Waals surface area contributed by atoms with Crippen molar-refractivity contribution in [3.63, 3.8) is 0 Å². The Hall–Kier alpha value is -2.67. The minimum Gasteiger partial charge on any atom is -0.506 e. The molecule has 1 amide bonds. The molecule has 2 aromatic rings. The van der Waals surface area contributed by atoms with Crippen LogP contribution < -0.4 is 5.01 Å². The van der Waals surface area contributed by atoms with E-state index in [1.165, 1.54) is 5.01 Å². The number of amides is 1. The highest BCUT2D eigenvalue weighted by Gasteiger charge is 2.33. The molecule has 6 nitrogen and oxygen atoms in total. The van der Waals surface area contributed by atoms with E-state index in [4.69, 9.17) is 4.74 Å². The Labute approximate surface area is 170 Å². The van der Waals surface area contributed by atoms with Crippen LogP contribution in [0, 0.1) is 0 Å². The Bertz CT molecular complexity index is 1000. The molecule has 0 saturated heterocycles. The van der Waals surface area contributed by atoms with E-state index in [0.29, 0.717) is 27.0 Å². The van der Waals surface area contributed by atoms with E-state index < -0.39 is 0 Å². The fourth-order valence-electron chi connectivity index (χ4n) is 3.52. The molecular weight excluding hydrogens is 424 g/mol. The number of hydrazone groups is 1. The number of carbonyl (C=O) groups excluding carboxylic acids is 2. The lowest BCUT2D eigenvalue weighted by Gasteiger charge is -2.13. The number of carbonyl (C=O) groups is 2. The fraction of sp³-hybridized carbons (Fsp3) is 0.286. The number of unbranched alkanes of at least 4 members (excludes halogenated alkanes) is 1. The van der Waals surface area contributed by atoms with Crippen LogP contribution in [0.25, 0.3) is 0 Å². The molecule has 1 N–H and O–H groups in total. The Morgan fingerprint density at radius 3 is 2.86 bits per heavy atom. The molecule has 2 aliphatic heterocycles. The molecule has 0 radical (unpaired) electrons. The summed E-state index contributed by atoms with van der Waals surface area (Å²) in [6.07, 6.45) is 2.66. The van der Waals surface area contributed by atoms with Crippen LogP contribution in [-0.2, 0) is 9.53 Å². The van der Waals surface area contributed by atoms with Crippen molar-refractivity contribution < 1.29 is 19.4 Å². The van der Waals surface area contributed by atoms with Gasteiger partial charge in [0.1, 0.15) is 11.9 Å². The van der Waals surface area contributed by atoms with E-state index in [1.54, 1.807) is 30.3 Å². The zero-order valence-electron chi connectivity index (χ0n) is 15.3. The first-order valence-electron chi connectivity index (χ1n) is 9.22. The molecule has 0 bridgehead atoms. The lowest BCUT2D eigenvalue weighted by Crippen LogP contribution is -2.19. The summed E-state index contributed by atoms with van der Waals surface area (Å²) < 4.78 is 6.02. The summed E-state index contributed by atoms with van der Waals surface area (Å²) in [7, 11) is 0. The molecule has 0 aliphatic carbocycles. The van der Waals surface area contributed by atoms with Gasteiger partial charge in [0, 0.05) is 11.1 Å². The van der Waals surface area contributed by atoms with Crippen LogP contribution >= 0.6 is 15.9 Å². The van der Waals surface area contributed by atoms with Gasteiger partial charge in [-0.2, -0.15) is 5.10 Å². The number of benzene rings is 2. The van der Waals surface area contributed by atoms with E-state index in [1.807, 2.05) is 6.07 Å². The SMILES string of the molecule is CCCCC1OC(=O)c2cc(N3N=C(c4cccc(Br)c4O)CC3=O)ccc21. The molecule has 2 aliphatic rings. The quantitative estimate of drug-likeness (QED) is 0.680. The summed E-state index contributed by atoms with van der Waals surface area (Å²) in [5.41, 5.74) is 2.85. The molecule has 28 heavy (non-hydrogen) atoms. The average Bonchev–Trinajstić information content (AvgIpc) is 3.22. The number of phenolic OH excluding ortho intramolecular Hbond substituents is 1. The predicted octanol–water partition coefficient (Wildman–Crippen LogP) is 4.70. The third-order valence-corrected chi connectivity index (χ3v) is 5.63. The number of aromatic hydroxyl groups is 1. The van der Waals surface area contributed by atoms with Crippen LogP contribution in [0.1, 0.15) is 60.2 Å². The third kappa shape index (κ3) is 3.20. The zero-order chi connectivity index (χ0) is 19.8. The van der Waals surface area contributed by atoms with E-state index in [0.717, 1.165) is 24.8 Å². The topological polar surface area (TPSA) is 79.2 Å². The van der Waals surface area contributed by atoms with Gasteiger partial charge in [-0.1, -0.05) is 25.5 Å². The van der Waals surface area contributed by atoms with Crippen molar-refractivity contribution in [1.29, 1.82) is 0 Å². The van der Waals surface area contributed by atoms with Crippen LogP contribution in [0.15, 0.2) is 46.0 Å². The van der Waals surface area contributed by atoms with Gasteiger partial charge in [-0.15, -0.1) is 0 Å². The number of anilines is 1. The van der Waals surface area contributed by atoms with E-state index in [-0.39, 0.29) is 30.2 Å². The minimum absolute atomic E-state index is 0.0483. The van der Waals surface area contributed by atoms with Crippen molar-refractivity contribution in [3.8, 4) is 5.75 Å².